The highest BCUT2D eigenvalue weighted by molar-refractivity contribution is 5.77. The van der Waals surface area contributed by atoms with E-state index in [0.29, 0.717) is 28.0 Å². The van der Waals surface area contributed by atoms with Gasteiger partial charge in [0, 0.05) is 197 Å². The molecule has 12 rings (SSSR count). The predicted molar refractivity (Wildman–Crippen MR) is 471 cm³/mol. The molecule has 4 aromatic rings. The van der Waals surface area contributed by atoms with Crippen LogP contribution in [0.3, 0.4) is 0 Å². The largest absolute Gasteiger partial charge is 0.493 e. The van der Waals surface area contributed by atoms with Crippen LogP contribution in [0, 0.1) is 70.8 Å². The number of esters is 4. The molecule has 20 atom stereocenters. The van der Waals surface area contributed by atoms with Gasteiger partial charge >= 0.3 is 23.9 Å². The summed E-state index contributed by atoms with van der Waals surface area (Å²) >= 11 is 0. The van der Waals surface area contributed by atoms with E-state index in [9.17, 15) is 27.4 Å². The molecule has 0 amide bonds. The van der Waals surface area contributed by atoms with Crippen molar-refractivity contribution in [2.45, 2.75) is 259 Å². The highest BCUT2D eigenvalue weighted by Crippen LogP contribution is 2.50. The highest BCUT2D eigenvalue weighted by Gasteiger charge is 2.47. The highest BCUT2D eigenvalue weighted by atomic mass is 16.6. The van der Waals surface area contributed by atoms with Crippen LogP contribution < -0.4 is 60.8 Å². The third-order valence-corrected chi connectivity index (χ3v) is 20.7. The van der Waals surface area contributed by atoms with Gasteiger partial charge in [-0.2, -0.15) is 0 Å². The summed E-state index contributed by atoms with van der Waals surface area (Å²) in [4.78, 5) is 60.2. The van der Waals surface area contributed by atoms with Crippen molar-refractivity contribution in [3.63, 3.8) is 0 Å². The third-order valence-electron chi connectivity index (χ3n) is 20.7. The van der Waals surface area contributed by atoms with Gasteiger partial charge in [-0.1, -0.05) is 110 Å². The number of methoxy groups -OCH3 is 8. The fraction of sp³-hybridized carbons (Fsp3) is 0.708. The molecule has 24 nitrogen and oxygen atoms in total. The van der Waals surface area contributed by atoms with Gasteiger partial charge in [0.05, 0.1) is 81.4 Å². The normalized spacial score (nSPS) is 42.5. The molecule has 4 fully saturated rings. The average Bonchev–Trinajstić information content (AvgIpc) is 0.696. The fourth-order valence-electron chi connectivity index (χ4n) is 15.1. The smallest absolute Gasteiger partial charge is 0.323 e. The van der Waals surface area contributed by atoms with Crippen LogP contribution in [0.1, 0.15) is 326 Å². The Morgan fingerprint density at radius 2 is 0.675 bits per heavy atom. The van der Waals surface area contributed by atoms with Crippen molar-refractivity contribution < 1.29 is 172 Å². The summed E-state index contributed by atoms with van der Waals surface area (Å²) in [5, 5.41) is 0. The van der Waals surface area contributed by atoms with Crippen molar-refractivity contribution in [2.75, 3.05) is 109 Å². The molecule has 0 radical (unpaired) electrons. The average molecular weight is 1740 g/mol. The Morgan fingerprint density at radius 3 is 1.00 bits per heavy atom. The Morgan fingerprint density at radius 1 is 0.383 bits per heavy atom. The Kier molecular flexibility index (Phi) is 14.2. The number of nitrogens with two attached hydrogens (primary N) is 4. The van der Waals surface area contributed by atoms with Gasteiger partial charge in [0.1, 0.15) is 48.4 Å². The van der Waals surface area contributed by atoms with Crippen LogP contribution in [0.15, 0.2) is 48.5 Å². The molecule has 0 aromatic heterocycles. The lowest BCUT2D eigenvalue weighted by Gasteiger charge is -2.47. The lowest BCUT2D eigenvalue weighted by Crippen LogP contribution is -2.51. The van der Waals surface area contributed by atoms with Crippen molar-refractivity contribution in [2.24, 2.45) is 93.8 Å². The number of benzene rings is 4. The summed E-state index contributed by atoms with van der Waals surface area (Å²) in [5.41, 5.74) is 24.9. The van der Waals surface area contributed by atoms with E-state index >= 15 is 0 Å². The molecule has 0 bridgehead atoms. The molecular weight excluding hydrogens is 1520 g/mol. The zero-order chi connectivity index (χ0) is 149. The van der Waals surface area contributed by atoms with Gasteiger partial charge in [-0.15, -0.1) is 0 Å². The van der Waals surface area contributed by atoms with Crippen LogP contribution in [0.25, 0.3) is 0 Å². The summed E-state index contributed by atoms with van der Waals surface area (Å²) in [7, 11) is 1.85. The number of hydrogen-bond acceptors (Lipinski definition) is 24. The third kappa shape index (κ3) is 23.8. The summed E-state index contributed by atoms with van der Waals surface area (Å²) in [5.74, 6) is -44.9. The molecule has 8 aliphatic rings. The summed E-state index contributed by atoms with van der Waals surface area (Å²) in [6, 6.07) is -15.2. The number of carbonyl (C=O) groups is 4. The van der Waals surface area contributed by atoms with Crippen molar-refractivity contribution in [1.29, 1.82) is 0 Å². The van der Waals surface area contributed by atoms with Crippen molar-refractivity contribution >= 4 is 23.9 Å². The SMILES string of the molecule is [2H]C([2H])([2H])Oc1cc2c(cc1OC)C1([2H])CC([2H])(OC(=O)[C@@]([2H])(N)C([2H])(C([2H])([2H])[2H])C([2H])([2H])[2H])C(C([2H])([2H])C([2H])(C)C([2H])([2H])[2H])CN1CC2.[2H]C([2H])([2H])Oc1cc2c(cc1OC)C1([2H])CC([2H])(OC(=O)[C@@]([2H])(N)C([2H])(C([2H])([2H])[2H])C([2H])([2H])[2H])C(C([2H])([2H])C([2H])(C)C([2H])([2H])[2H])CN1CC2.[2H]C1(OC(=O)[C@@]([2H])(N)C([2H])(C([2H])([2H])[2H])C([2H])([2H])[2H])CC2([2H])c3cc(OC)c(OC)cc3CCN2CC1C([2H])([2H])C([2H])(C)C([2H])([2H])[2H].[2H]c1c2c(c([2H])c(OC)c1OC)C1CC(OC(=O)[C@@]([2H])(N)C([2H])(C([2H])([2H])[2H])C([2H])([2H])[2H])C(C([2H])([2H])C([2H])(C)C([2H])([2H])[2H])CN1CC2. The van der Waals surface area contributed by atoms with E-state index in [0.717, 1.165) is 27.7 Å². The van der Waals surface area contributed by atoms with E-state index in [1.165, 1.54) is 87.7 Å². The van der Waals surface area contributed by atoms with Gasteiger partial charge in [-0.05, 0) is 191 Å². The van der Waals surface area contributed by atoms with E-state index in [2.05, 4.69) is 0 Å². The lowest BCUT2D eigenvalue weighted by atomic mass is 9.79. The first-order chi connectivity index (χ1) is 84.1. The van der Waals surface area contributed by atoms with E-state index in [1.807, 2.05) is 0 Å². The van der Waals surface area contributed by atoms with Gasteiger partial charge < -0.3 is 79.8 Å². The van der Waals surface area contributed by atoms with Gasteiger partial charge in [0.15, 0.2) is 46.0 Å². The quantitative estimate of drug-likeness (QED) is 0.0303. The number of ether oxygens (including phenoxy) is 12. The number of fused-ring (bicyclic) bond motifs is 12. The van der Waals surface area contributed by atoms with Crippen LogP contribution in [0.5, 0.6) is 46.0 Å². The Balaban J connectivity index is 0.000000275. The Bertz CT molecular complexity index is 6950. The van der Waals surface area contributed by atoms with Gasteiger partial charge in [-0.25, -0.2) is 0 Å². The number of hydrogen-bond donors (Lipinski definition) is 4. The predicted octanol–water partition coefficient (Wildman–Crippen LogP) is 14.3. The molecule has 8 N–H and O–H groups in total. The van der Waals surface area contributed by atoms with E-state index in [4.69, 9.17) is 168 Å². The standard InChI is InChI=1S/4C24H38N2O4/c4*1-14(2)9-17-13-26-8-7-16-10-21(28-5)22(29-6)11-18(16)19(26)12-20(17)30-24(27)23(25)15(3)4/h4*10-11,14-15,17,19-20,23H,7-9,12-13,25H2,1-6H3/t4*17?,19?,20?,23-/m0000/s1/i2*1D3,3D3,4D3,5D3,9D2,14D,15D,19D,20D,23D;1D3,3D3,4D3,9D2,14D,15D,19D,20D,23D;1D3,3D3,4D3,9D2,10D,11D,14D,15D,23D/t4*14?,17?,19?,20?,23-. The van der Waals surface area contributed by atoms with Crippen LogP contribution in [-0.2, 0) is 63.8 Å². The molecule has 4 saturated heterocycles. The van der Waals surface area contributed by atoms with Crippen LogP contribution in [0.2, 0.25) is 0 Å². The molecule has 0 aliphatic carbocycles. The van der Waals surface area contributed by atoms with Gasteiger partial charge in [0.2, 0.25) is 0 Å². The van der Waals surface area contributed by atoms with E-state index < -0.39 is 334 Å². The minimum atomic E-state index is -4.07. The Labute approximate surface area is 817 Å². The number of rotatable bonds is 28. The first-order valence-electron chi connectivity index (χ1n) is 72.4. The monoisotopic (exact) mass is 1740 g/mol. The van der Waals surface area contributed by atoms with Crippen LogP contribution >= 0.6 is 0 Å². The molecule has 4 aromatic carbocycles. The molecule has 672 valence electrons. The summed E-state index contributed by atoms with van der Waals surface area (Å²) < 4.78 is 633. The second-order valence-corrected chi connectivity index (χ2v) is 28.6. The molecule has 24 heteroatoms. The molecule has 0 spiro atoms. The maximum absolute atomic E-state index is 13.7. The Hall–Kier alpha value is -7.16. The molecule has 0 saturated carbocycles. The van der Waals surface area contributed by atoms with Crippen molar-refractivity contribution in [3.8, 4) is 46.0 Å². The number of piperidine rings is 4. The first-order valence-corrected chi connectivity index (χ1v) is 37.4. The fourth-order valence-corrected chi connectivity index (χ4v) is 15.1. The maximum Gasteiger partial charge on any atom is 0.323 e. The summed E-state index contributed by atoms with van der Waals surface area (Å²) in [6.07, 6.45) is -26.8. The minimum absolute atomic E-state index is 0.00131. The summed E-state index contributed by atoms with van der Waals surface area (Å²) in [6.45, 7) is -43.6. The topological polar surface area (TPSA) is 296 Å². The zero-order valence-electron chi connectivity index (χ0n) is 138. The molecule has 8 heterocycles. The van der Waals surface area contributed by atoms with E-state index in [1.54, 1.807) is 11.0 Å². The molecule has 120 heavy (non-hydrogen) atoms. The lowest BCUT2D eigenvalue weighted by molar-refractivity contribution is -0.161. The molecule has 16 unspecified atom stereocenters. The van der Waals surface area contributed by atoms with E-state index in [-0.39, 0.29) is 133 Å². The number of nitrogens with zero attached hydrogens (tertiary/aromatic N) is 4. The number of carbonyl (C=O) groups excluding carboxylic acids is 4. The van der Waals surface area contributed by atoms with Crippen molar-refractivity contribution in [3.05, 3.63) is 93.0 Å². The first kappa shape index (κ1) is 38.8. The maximum atomic E-state index is 13.7. The van der Waals surface area contributed by atoms with Crippen LogP contribution in [-0.4, -0.2) is 201 Å². The van der Waals surface area contributed by atoms with Crippen LogP contribution in [0.4, 0.5) is 0 Å². The van der Waals surface area contributed by atoms with Gasteiger partial charge in [0.25, 0.3) is 0 Å². The van der Waals surface area contributed by atoms with Gasteiger partial charge in [-0.3, -0.25) is 38.8 Å². The second kappa shape index (κ2) is 43.9. The molecular formula is C96H152N8O16. The minimum Gasteiger partial charge on any atom is -0.493 e. The zero-order valence-corrected chi connectivity index (χ0v) is 67.9. The second-order valence-electron chi connectivity index (χ2n) is 28.6. The molecule has 8 aliphatic heterocycles. The van der Waals surface area contributed by atoms with Crippen molar-refractivity contribution in [1.82, 2.24) is 19.6 Å².